The highest BCUT2D eigenvalue weighted by molar-refractivity contribution is 5.87. The molecule has 5 aliphatic rings. The maximum Gasteiger partial charge on any atom is 0.407 e. The predicted octanol–water partition coefficient (Wildman–Crippen LogP) is 7.64. The normalized spacial score (nSPS) is 23.5. The quantitative estimate of drug-likeness (QED) is 0.0916. The van der Waals surface area contributed by atoms with Gasteiger partial charge in [0, 0.05) is 49.7 Å². The van der Waals surface area contributed by atoms with Crippen molar-refractivity contribution in [2.24, 2.45) is 17.8 Å². The van der Waals surface area contributed by atoms with E-state index in [0.717, 1.165) is 58.5 Å². The highest BCUT2D eigenvalue weighted by atomic mass is 19.1. The van der Waals surface area contributed by atoms with Gasteiger partial charge in [-0.2, -0.15) is 0 Å². The molecule has 10 rings (SSSR count). The zero-order chi connectivity index (χ0) is 51.9. The highest BCUT2D eigenvalue weighted by Gasteiger charge is 2.42. The Hall–Kier alpha value is -6.98. The number of carbonyl (C=O) groups is 4. The molecule has 18 heteroatoms. The van der Waals surface area contributed by atoms with Crippen LogP contribution >= 0.6 is 0 Å². The number of hydrogen-bond donors (Lipinski definition) is 4. The van der Waals surface area contributed by atoms with Gasteiger partial charge in [-0.25, -0.2) is 28.3 Å². The molecule has 4 fully saturated rings. The number of H-pyrrole nitrogens is 2. The predicted molar refractivity (Wildman–Crippen MR) is 277 cm³/mol. The molecule has 0 saturated carbocycles. The van der Waals surface area contributed by atoms with E-state index >= 15 is 8.78 Å². The number of hydrogen-bond acceptors (Lipinski definition) is 10. The third-order valence-corrected chi connectivity index (χ3v) is 16.1. The number of ether oxygens (including phenoxy) is 2. The number of nitrogens with one attached hydrogen (secondary N) is 4. The zero-order valence-corrected chi connectivity index (χ0v) is 43.1. The number of imidazole rings is 2. The SMILES string of the molecule is COC(=O)N[C@H](C(=O)N1CCC[C@H]1c1nc2c([nH]1)=CC([C@H]1CC[C@H](c3ccc4nc([C@@H]5CCCN5C(=O)[C@@H](NC(=O)OC)C(C)C)[nH]c4c3)N1c1cc(F)c(N3CCC(c4ccccc4)C3)c(F)c1)CC=2)C(C)C. The van der Waals surface area contributed by atoms with Gasteiger partial charge in [0.25, 0.3) is 0 Å². The summed E-state index contributed by atoms with van der Waals surface area (Å²) in [5.74, 6) is -0.463. The minimum Gasteiger partial charge on any atom is -0.453 e. The van der Waals surface area contributed by atoms with Gasteiger partial charge in [0.2, 0.25) is 11.8 Å². The van der Waals surface area contributed by atoms with Gasteiger partial charge in [0.1, 0.15) is 29.4 Å². The van der Waals surface area contributed by atoms with Crippen LogP contribution in [0.2, 0.25) is 0 Å². The molecule has 4 saturated heterocycles. The van der Waals surface area contributed by atoms with Gasteiger partial charge in [0.05, 0.1) is 54.1 Å². The summed E-state index contributed by atoms with van der Waals surface area (Å²) in [6, 6.07) is 16.7. The Balaban J connectivity index is 0.962. The van der Waals surface area contributed by atoms with Crippen LogP contribution in [0.25, 0.3) is 23.2 Å². The lowest BCUT2D eigenvalue weighted by molar-refractivity contribution is -0.136. The first-order chi connectivity index (χ1) is 35.7. The van der Waals surface area contributed by atoms with Crippen molar-refractivity contribution in [2.45, 2.75) is 121 Å². The summed E-state index contributed by atoms with van der Waals surface area (Å²) in [7, 11) is 2.56. The first-order valence-electron chi connectivity index (χ1n) is 26.4. The molecular formula is C56H68F2N10O6. The lowest BCUT2D eigenvalue weighted by Crippen LogP contribution is -2.51. The molecule has 16 nitrogen and oxygen atoms in total. The van der Waals surface area contributed by atoms with Crippen molar-refractivity contribution in [1.82, 2.24) is 40.4 Å². The molecule has 2 aromatic heterocycles. The third kappa shape index (κ3) is 9.79. The molecule has 0 radical (unpaired) electrons. The fourth-order valence-electron chi connectivity index (χ4n) is 12.4. The second-order valence-corrected chi connectivity index (χ2v) is 21.4. The summed E-state index contributed by atoms with van der Waals surface area (Å²) in [6.45, 7) is 9.67. The Labute approximate surface area is 429 Å². The number of methoxy groups -OCH3 is 2. The summed E-state index contributed by atoms with van der Waals surface area (Å²) >= 11 is 0. The van der Waals surface area contributed by atoms with Crippen LogP contribution in [0.3, 0.4) is 0 Å². The van der Waals surface area contributed by atoms with Gasteiger partial charge in [-0.3, -0.25) is 9.59 Å². The zero-order valence-electron chi connectivity index (χ0n) is 43.1. The molecule has 4 amide bonds. The van der Waals surface area contributed by atoms with Crippen molar-refractivity contribution < 1.29 is 37.4 Å². The number of benzene rings is 3. The lowest BCUT2D eigenvalue weighted by Gasteiger charge is -2.37. The van der Waals surface area contributed by atoms with E-state index in [2.05, 4.69) is 55.9 Å². The first kappa shape index (κ1) is 50.5. The van der Waals surface area contributed by atoms with Gasteiger partial charge < -0.3 is 49.7 Å². The average molecular weight is 1020 g/mol. The maximum atomic E-state index is 16.8. The van der Waals surface area contributed by atoms with Crippen LogP contribution in [-0.4, -0.2) is 112 Å². The molecule has 4 aliphatic heterocycles. The number of carbonyl (C=O) groups excluding carboxylic acids is 4. The number of rotatable bonds is 13. The molecule has 392 valence electrons. The molecule has 5 aromatic rings. The Morgan fingerprint density at radius 2 is 1.32 bits per heavy atom. The van der Waals surface area contributed by atoms with E-state index in [1.807, 2.05) is 62.9 Å². The monoisotopic (exact) mass is 1010 g/mol. The summed E-state index contributed by atoms with van der Waals surface area (Å²) in [5.41, 5.74) is 4.11. The smallest absolute Gasteiger partial charge is 0.407 e. The summed E-state index contributed by atoms with van der Waals surface area (Å²) in [4.78, 5) is 77.2. The largest absolute Gasteiger partial charge is 0.453 e. The van der Waals surface area contributed by atoms with Gasteiger partial charge >= 0.3 is 12.2 Å². The van der Waals surface area contributed by atoms with Crippen LogP contribution in [0, 0.1) is 29.4 Å². The fourth-order valence-corrected chi connectivity index (χ4v) is 12.4. The first-order valence-corrected chi connectivity index (χ1v) is 26.4. The van der Waals surface area contributed by atoms with E-state index in [1.54, 1.807) is 9.80 Å². The van der Waals surface area contributed by atoms with Gasteiger partial charge in [-0.05, 0) is 98.6 Å². The maximum absolute atomic E-state index is 16.8. The van der Waals surface area contributed by atoms with Gasteiger partial charge in [-0.15, -0.1) is 0 Å². The summed E-state index contributed by atoms with van der Waals surface area (Å²) < 4.78 is 43.3. The second-order valence-electron chi connectivity index (χ2n) is 21.4. The fraction of sp³-hybridized carbons (Fsp3) is 0.500. The van der Waals surface area contributed by atoms with Crippen LogP contribution in [-0.2, 0) is 19.1 Å². The van der Waals surface area contributed by atoms with Crippen LogP contribution in [0.4, 0.5) is 29.7 Å². The number of aromatic nitrogens is 4. The molecule has 2 unspecified atom stereocenters. The number of alkyl carbamates (subject to hydrolysis) is 2. The minimum absolute atomic E-state index is 0.00135. The van der Waals surface area contributed by atoms with E-state index in [9.17, 15) is 19.2 Å². The van der Waals surface area contributed by atoms with E-state index < -0.39 is 35.9 Å². The van der Waals surface area contributed by atoms with Crippen molar-refractivity contribution in [1.29, 1.82) is 0 Å². The number of nitrogens with zero attached hydrogens (tertiary/aromatic N) is 6. The number of likely N-dealkylation sites (tertiary alicyclic amines) is 2. The highest BCUT2D eigenvalue weighted by Crippen LogP contribution is 2.46. The Morgan fingerprint density at radius 3 is 1.93 bits per heavy atom. The van der Waals surface area contributed by atoms with Crippen molar-refractivity contribution >= 4 is 58.6 Å². The van der Waals surface area contributed by atoms with E-state index in [-0.39, 0.29) is 65.3 Å². The van der Waals surface area contributed by atoms with Crippen LogP contribution in [0.5, 0.6) is 0 Å². The molecule has 4 N–H and O–H groups in total. The van der Waals surface area contributed by atoms with Gasteiger partial charge in [-0.1, -0.05) is 76.2 Å². The van der Waals surface area contributed by atoms with Crippen molar-refractivity contribution in [3.8, 4) is 0 Å². The molecule has 1 aliphatic carbocycles. The van der Waals surface area contributed by atoms with Crippen LogP contribution in [0.15, 0.2) is 60.7 Å². The second kappa shape index (κ2) is 21.1. The van der Waals surface area contributed by atoms with Gasteiger partial charge in [0.15, 0.2) is 11.6 Å². The Bertz CT molecular complexity index is 3010. The van der Waals surface area contributed by atoms with Crippen LogP contribution in [0.1, 0.15) is 126 Å². The topological polar surface area (TPSA) is 181 Å². The molecule has 8 atom stereocenters. The molecule has 0 spiro atoms. The van der Waals surface area contributed by atoms with E-state index in [4.69, 9.17) is 19.4 Å². The van der Waals surface area contributed by atoms with Crippen molar-refractivity contribution in [3.63, 3.8) is 0 Å². The number of aromatic amines is 2. The van der Waals surface area contributed by atoms with E-state index in [1.165, 1.54) is 26.4 Å². The lowest BCUT2D eigenvalue weighted by atomic mass is 9.91. The molecule has 74 heavy (non-hydrogen) atoms. The summed E-state index contributed by atoms with van der Waals surface area (Å²) in [6.07, 6.45) is 8.87. The molecule has 6 heterocycles. The molecule has 3 aromatic carbocycles. The standard InChI is InChI=1S/C56H68F2N10O6/c1-31(2)48(63-55(71)73-5)53(69)66-23-10-14-46(66)51-59-40-18-16-34(26-42(40)61-51)44-20-21-45(68(44)37-28-38(57)50(39(58)29-37)65-25-22-36(30-65)33-12-8-7-9-13-33)35-17-19-41-43(27-35)62-52(60-41)47-15-11-24-67(47)54(70)49(32(3)4)64-56(72)74-6/h7-9,12-13,16,18-19,26-29,31-32,35-36,44-49H,10-11,14-15,17,20-25,30H2,1-6H3,(H,59,61)(H,60,62)(H,63,71)(H,64,72)/t35?,36?,44-,45-,46+,47+,48+,49+/m1/s1. The van der Waals surface area contributed by atoms with E-state index in [0.29, 0.717) is 69.2 Å². The summed E-state index contributed by atoms with van der Waals surface area (Å²) in [5, 5.41) is 7.08. The number of halogens is 2. The molecule has 0 bridgehead atoms. The van der Waals surface area contributed by atoms with Crippen LogP contribution < -0.4 is 31.1 Å². The minimum atomic E-state index is -0.763. The van der Waals surface area contributed by atoms with Crippen molar-refractivity contribution in [2.75, 3.05) is 50.2 Å². The molecular weight excluding hydrogens is 947 g/mol. The third-order valence-electron chi connectivity index (χ3n) is 16.1. The van der Waals surface area contributed by atoms with Crippen molar-refractivity contribution in [3.05, 3.63) is 106 Å². The number of anilines is 2. The number of fused-ring (bicyclic) bond motifs is 2. The average Bonchev–Trinajstić information content (AvgIpc) is 4.26. The number of amides is 4. The Morgan fingerprint density at radius 1 is 0.703 bits per heavy atom. The Kier molecular flexibility index (Phi) is 14.4.